The molecule has 0 spiro atoms. The van der Waals surface area contributed by atoms with E-state index in [-0.39, 0.29) is 36.9 Å². The number of unbranched alkanes of at least 4 members (excludes halogenated alkanes) is 16. The Kier molecular flexibility index (Phi) is 26.5. The van der Waals surface area contributed by atoms with Crippen molar-refractivity contribution in [3.63, 3.8) is 0 Å². The molecule has 0 radical (unpaired) electrons. The Morgan fingerprint density at radius 2 is 0.966 bits per heavy atom. The molecule has 1 aliphatic rings. The first-order valence-electron chi connectivity index (χ1n) is 22.9. The molecule has 1 aliphatic heterocycles. The van der Waals surface area contributed by atoms with E-state index in [2.05, 4.69) is 24.5 Å². The molecule has 1 fully saturated rings. The van der Waals surface area contributed by atoms with Gasteiger partial charge in [0, 0.05) is 0 Å². The summed E-state index contributed by atoms with van der Waals surface area (Å²) >= 11 is 0. The van der Waals surface area contributed by atoms with Gasteiger partial charge in [-0.25, -0.2) is 0 Å². The van der Waals surface area contributed by atoms with Crippen LogP contribution >= 0.6 is 0 Å². The molecular formula is C48H78N2O8. The zero-order valence-electron chi connectivity index (χ0n) is 35.9. The standard InChI is InChI=1S/C48H78N2O8/c1-3-5-7-9-11-13-15-17-25-31-40(56-36-38-27-21-19-22-28-38)33-43(52)49-45-46(48(55)58-42(35-51)47(45)54)50-44(53)34-41(57-37-39-29-23-20-24-30-39)32-26-18-16-14-12-10-8-6-4-2/h19-24,27-30,40-42,45-48,51,54-55H,3-18,25-26,31-37H2,1-2H3,(H,49,52)(H,50,53)/t40-,41-,42-,45-,46-,47-,48?/m1/s1. The van der Waals surface area contributed by atoms with E-state index in [1.807, 2.05) is 60.7 Å². The Morgan fingerprint density at radius 3 is 1.36 bits per heavy atom. The van der Waals surface area contributed by atoms with Crippen molar-refractivity contribution in [3.05, 3.63) is 71.8 Å². The van der Waals surface area contributed by atoms with Gasteiger partial charge in [0.25, 0.3) is 0 Å². The molecule has 3 rings (SSSR count). The summed E-state index contributed by atoms with van der Waals surface area (Å²) in [6.07, 6.45) is 18.1. The predicted octanol–water partition coefficient (Wildman–Crippen LogP) is 8.82. The van der Waals surface area contributed by atoms with Crippen LogP contribution in [0.15, 0.2) is 60.7 Å². The second kappa shape index (κ2) is 31.1. The van der Waals surface area contributed by atoms with E-state index in [1.165, 1.54) is 77.0 Å². The van der Waals surface area contributed by atoms with Gasteiger partial charge in [-0.2, -0.15) is 0 Å². The van der Waals surface area contributed by atoms with Gasteiger partial charge in [-0.3, -0.25) is 9.59 Å². The molecule has 58 heavy (non-hydrogen) atoms. The molecule has 0 aromatic heterocycles. The Hall–Kier alpha value is -2.86. The summed E-state index contributed by atoms with van der Waals surface area (Å²) in [5, 5.41) is 38.0. The third-order valence-corrected chi connectivity index (χ3v) is 11.3. The van der Waals surface area contributed by atoms with Crippen LogP contribution in [0.5, 0.6) is 0 Å². The third kappa shape index (κ3) is 20.9. The zero-order valence-corrected chi connectivity index (χ0v) is 35.9. The smallest absolute Gasteiger partial charge is 0.223 e. The van der Waals surface area contributed by atoms with Gasteiger partial charge in [-0.05, 0) is 24.0 Å². The molecule has 10 heteroatoms. The SMILES string of the molecule is CCCCCCCCCCC[C@H](CC(=O)N[C@H]1[C@H](O)[C@@H](CO)OC(O)[C@@H]1NC(=O)C[C@@H](CCCCCCCCCCC)OCc1ccccc1)OCc1ccccc1. The van der Waals surface area contributed by atoms with Crippen molar-refractivity contribution >= 4 is 11.8 Å². The van der Waals surface area contributed by atoms with Crippen LogP contribution in [-0.2, 0) is 37.0 Å². The van der Waals surface area contributed by atoms with Crippen molar-refractivity contribution in [3.8, 4) is 0 Å². The number of amides is 2. The summed E-state index contributed by atoms with van der Waals surface area (Å²) in [5.41, 5.74) is 2.03. The quantitative estimate of drug-likeness (QED) is 0.0450. The van der Waals surface area contributed by atoms with Crippen LogP contribution < -0.4 is 10.6 Å². The highest BCUT2D eigenvalue weighted by Gasteiger charge is 2.46. The van der Waals surface area contributed by atoms with Crippen LogP contribution in [0.1, 0.15) is 166 Å². The van der Waals surface area contributed by atoms with Gasteiger partial charge in [0.2, 0.25) is 11.8 Å². The van der Waals surface area contributed by atoms with Crippen LogP contribution in [0.2, 0.25) is 0 Å². The van der Waals surface area contributed by atoms with Crippen molar-refractivity contribution in [1.82, 2.24) is 10.6 Å². The van der Waals surface area contributed by atoms with Crippen molar-refractivity contribution in [2.45, 2.75) is 211 Å². The summed E-state index contributed by atoms with van der Waals surface area (Å²) in [5.74, 6) is -0.762. The zero-order chi connectivity index (χ0) is 41.6. The molecule has 328 valence electrons. The lowest BCUT2D eigenvalue weighted by atomic mass is 9.93. The van der Waals surface area contributed by atoms with Gasteiger partial charge in [0.05, 0.1) is 50.9 Å². The first-order chi connectivity index (χ1) is 28.3. The van der Waals surface area contributed by atoms with E-state index < -0.39 is 37.2 Å². The Bertz CT molecular complexity index is 1320. The van der Waals surface area contributed by atoms with E-state index in [0.29, 0.717) is 26.1 Å². The number of aliphatic hydroxyl groups is 3. The Labute approximate surface area is 350 Å². The van der Waals surface area contributed by atoms with E-state index in [4.69, 9.17) is 14.2 Å². The van der Waals surface area contributed by atoms with Crippen molar-refractivity contribution in [1.29, 1.82) is 0 Å². The average Bonchev–Trinajstić information content (AvgIpc) is 3.23. The van der Waals surface area contributed by atoms with E-state index in [1.54, 1.807) is 0 Å². The number of nitrogens with one attached hydrogen (secondary N) is 2. The lowest BCUT2D eigenvalue weighted by Crippen LogP contribution is -2.69. The third-order valence-electron chi connectivity index (χ3n) is 11.3. The molecule has 2 amide bonds. The molecule has 0 bridgehead atoms. The van der Waals surface area contributed by atoms with Crippen molar-refractivity contribution in [2.24, 2.45) is 0 Å². The van der Waals surface area contributed by atoms with Gasteiger partial charge in [0.15, 0.2) is 6.29 Å². The number of carbonyl (C=O) groups excluding carboxylic acids is 2. The molecular weight excluding hydrogens is 733 g/mol. The fraction of sp³-hybridized carbons (Fsp3) is 0.708. The fourth-order valence-corrected chi connectivity index (χ4v) is 7.79. The van der Waals surface area contributed by atoms with Crippen molar-refractivity contribution < 1.29 is 39.1 Å². The number of hydrogen-bond donors (Lipinski definition) is 5. The highest BCUT2D eigenvalue weighted by Crippen LogP contribution is 2.23. The minimum Gasteiger partial charge on any atom is -0.394 e. The minimum absolute atomic E-state index is 0.0431. The number of ether oxygens (including phenoxy) is 3. The Morgan fingerprint density at radius 1 is 0.586 bits per heavy atom. The number of rotatable bonds is 33. The molecule has 2 aromatic carbocycles. The largest absolute Gasteiger partial charge is 0.394 e. The van der Waals surface area contributed by atoms with Crippen LogP contribution in [0, 0.1) is 0 Å². The molecule has 1 unspecified atom stereocenters. The summed E-state index contributed by atoms with van der Waals surface area (Å²) < 4.78 is 18.1. The maximum atomic E-state index is 13.7. The summed E-state index contributed by atoms with van der Waals surface area (Å²) in [6.45, 7) is 4.63. The van der Waals surface area contributed by atoms with Gasteiger partial charge >= 0.3 is 0 Å². The molecule has 7 atom stereocenters. The minimum atomic E-state index is -1.57. The molecule has 0 aliphatic carbocycles. The first kappa shape index (κ1) is 49.5. The summed E-state index contributed by atoms with van der Waals surface area (Å²) in [7, 11) is 0. The average molecular weight is 811 g/mol. The monoisotopic (exact) mass is 811 g/mol. The van der Waals surface area contributed by atoms with Gasteiger partial charge in [-0.1, -0.05) is 190 Å². The summed E-state index contributed by atoms with van der Waals surface area (Å²) in [4.78, 5) is 27.4. The highest BCUT2D eigenvalue weighted by atomic mass is 16.6. The van der Waals surface area contributed by atoms with Crippen LogP contribution in [-0.4, -0.2) is 76.5 Å². The lowest BCUT2D eigenvalue weighted by Gasteiger charge is -2.43. The fourth-order valence-electron chi connectivity index (χ4n) is 7.79. The molecule has 10 nitrogen and oxygen atoms in total. The molecule has 2 aromatic rings. The highest BCUT2D eigenvalue weighted by molar-refractivity contribution is 5.78. The summed E-state index contributed by atoms with van der Waals surface area (Å²) in [6, 6.07) is 17.4. The lowest BCUT2D eigenvalue weighted by molar-refractivity contribution is -0.231. The number of carbonyl (C=O) groups is 2. The molecule has 1 heterocycles. The van der Waals surface area contributed by atoms with Gasteiger partial charge in [0.1, 0.15) is 18.2 Å². The van der Waals surface area contributed by atoms with Crippen molar-refractivity contribution in [2.75, 3.05) is 6.61 Å². The van der Waals surface area contributed by atoms with E-state index in [0.717, 1.165) is 49.7 Å². The Balaban J connectivity index is 1.60. The van der Waals surface area contributed by atoms with Gasteiger partial charge in [-0.15, -0.1) is 0 Å². The molecule has 1 saturated heterocycles. The second-order valence-corrected chi connectivity index (χ2v) is 16.4. The van der Waals surface area contributed by atoms with Crippen LogP contribution in [0.4, 0.5) is 0 Å². The molecule has 0 saturated carbocycles. The van der Waals surface area contributed by atoms with Crippen LogP contribution in [0.3, 0.4) is 0 Å². The maximum absolute atomic E-state index is 13.7. The number of hydrogen-bond acceptors (Lipinski definition) is 8. The number of benzene rings is 2. The maximum Gasteiger partial charge on any atom is 0.223 e. The first-order valence-corrected chi connectivity index (χ1v) is 22.9. The number of aliphatic hydroxyl groups excluding tert-OH is 3. The second-order valence-electron chi connectivity index (χ2n) is 16.4. The molecule has 5 N–H and O–H groups in total. The van der Waals surface area contributed by atoms with Gasteiger partial charge < -0.3 is 40.2 Å². The van der Waals surface area contributed by atoms with E-state index in [9.17, 15) is 24.9 Å². The topological polar surface area (TPSA) is 147 Å². The predicted molar refractivity (Wildman–Crippen MR) is 231 cm³/mol. The van der Waals surface area contributed by atoms with E-state index >= 15 is 0 Å². The van der Waals surface area contributed by atoms with Crippen LogP contribution in [0.25, 0.3) is 0 Å². The normalized spacial score (nSPS) is 20.4.